The van der Waals surface area contributed by atoms with E-state index in [1.807, 2.05) is 13.0 Å². The van der Waals surface area contributed by atoms with Crippen LogP contribution in [-0.4, -0.2) is 47.8 Å². The molecule has 1 aliphatic rings. The maximum absolute atomic E-state index is 11.2. The summed E-state index contributed by atoms with van der Waals surface area (Å²) in [7, 11) is -3.64. The fourth-order valence-corrected chi connectivity index (χ4v) is 5.60. The van der Waals surface area contributed by atoms with E-state index in [-0.39, 0.29) is 34.3 Å². The van der Waals surface area contributed by atoms with Crippen LogP contribution in [0.2, 0.25) is 36.3 Å². The Kier molecular flexibility index (Phi) is 10.4. The van der Waals surface area contributed by atoms with Gasteiger partial charge in [-0.2, -0.15) is 0 Å². The standard InChI is InChI=1S/C26H50O4Si2/c1-20(19-27)17-23-21(2)24(30-32(11,12)26(6,7)8)18-22(29-23)15-13-14-16-28-31(9,10)25(3,4)5/h13-14,17,19,21-24H,15-16,18H2,1-12H3/b14-13+,20-17-/t21-,22-,23+,24-/m1/s1. The van der Waals surface area contributed by atoms with Crippen molar-refractivity contribution in [3.05, 3.63) is 23.8 Å². The molecule has 1 rings (SSSR count). The molecule has 0 unspecified atom stereocenters. The summed E-state index contributed by atoms with van der Waals surface area (Å²) in [5.74, 6) is 0.209. The molecular weight excluding hydrogens is 432 g/mol. The molecule has 186 valence electrons. The molecule has 1 fully saturated rings. The van der Waals surface area contributed by atoms with Gasteiger partial charge in [-0.05, 0) is 67.7 Å². The SMILES string of the molecule is C/C(C=O)=C/[C@@H]1O[C@H](C/C=C/CO[Si](C)(C)C(C)(C)C)C[C@@H](O[Si](C)(C)C(C)(C)C)[C@@H]1C. The molecule has 4 atom stereocenters. The second-order valence-electron chi connectivity index (χ2n) is 12.5. The molecule has 0 radical (unpaired) electrons. The van der Waals surface area contributed by atoms with Crippen LogP contribution in [0.5, 0.6) is 0 Å². The molecule has 1 heterocycles. The Labute approximate surface area is 200 Å². The monoisotopic (exact) mass is 482 g/mol. The van der Waals surface area contributed by atoms with Crippen molar-refractivity contribution < 1.29 is 18.4 Å². The second-order valence-corrected chi connectivity index (χ2v) is 22.1. The van der Waals surface area contributed by atoms with Gasteiger partial charge in [0.15, 0.2) is 16.6 Å². The highest BCUT2D eigenvalue weighted by Crippen LogP contribution is 2.41. The molecule has 0 bridgehead atoms. The van der Waals surface area contributed by atoms with E-state index in [1.54, 1.807) is 0 Å². The Morgan fingerprint density at radius 1 is 1.00 bits per heavy atom. The van der Waals surface area contributed by atoms with Gasteiger partial charge in [0.25, 0.3) is 0 Å². The van der Waals surface area contributed by atoms with Crippen LogP contribution in [0.4, 0.5) is 0 Å². The highest BCUT2D eigenvalue weighted by molar-refractivity contribution is 6.74. The lowest BCUT2D eigenvalue weighted by Gasteiger charge is -2.46. The zero-order valence-electron chi connectivity index (χ0n) is 22.9. The third-order valence-electron chi connectivity index (χ3n) is 7.73. The normalized spacial score (nSPS) is 26.6. The average Bonchev–Trinajstić information content (AvgIpc) is 2.62. The fourth-order valence-electron chi connectivity index (χ4n) is 3.23. The van der Waals surface area contributed by atoms with E-state index in [4.69, 9.17) is 13.6 Å². The predicted molar refractivity (Wildman–Crippen MR) is 141 cm³/mol. The first kappa shape index (κ1) is 29.5. The lowest BCUT2D eigenvalue weighted by atomic mass is 9.88. The number of hydrogen-bond acceptors (Lipinski definition) is 4. The highest BCUT2D eigenvalue weighted by atomic mass is 28.4. The molecule has 32 heavy (non-hydrogen) atoms. The number of allylic oxidation sites excluding steroid dienone is 1. The summed E-state index contributed by atoms with van der Waals surface area (Å²) in [5, 5.41) is 0.374. The van der Waals surface area contributed by atoms with Gasteiger partial charge in [-0.1, -0.05) is 60.6 Å². The van der Waals surface area contributed by atoms with E-state index in [2.05, 4.69) is 86.8 Å². The minimum absolute atomic E-state index is 0.0748. The van der Waals surface area contributed by atoms with Crippen LogP contribution in [-0.2, 0) is 18.4 Å². The summed E-state index contributed by atoms with van der Waals surface area (Å²) in [6, 6.07) is 0. The van der Waals surface area contributed by atoms with Gasteiger partial charge in [0.05, 0.1) is 24.9 Å². The molecule has 0 spiro atoms. The van der Waals surface area contributed by atoms with Crippen molar-refractivity contribution in [2.45, 2.75) is 123 Å². The maximum atomic E-state index is 11.2. The van der Waals surface area contributed by atoms with Crippen LogP contribution in [0.3, 0.4) is 0 Å². The molecule has 0 aliphatic carbocycles. The van der Waals surface area contributed by atoms with Gasteiger partial charge in [0.1, 0.15) is 6.29 Å². The van der Waals surface area contributed by atoms with Gasteiger partial charge in [0.2, 0.25) is 0 Å². The topological polar surface area (TPSA) is 44.8 Å². The van der Waals surface area contributed by atoms with Crippen molar-refractivity contribution in [3.8, 4) is 0 Å². The first-order chi connectivity index (χ1) is 14.4. The van der Waals surface area contributed by atoms with Crippen LogP contribution < -0.4 is 0 Å². The molecule has 0 aromatic rings. The van der Waals surface area contributed by atoms with Crippen molar-refractivity contribution in [2.75, 3.05) is 6.61 Å². The molecule has 1 saturated heterocycles. The molecular formula is C26H50O4Si2. The van der Waals surface area contributed by atoms with Gasteiger partial charge < -0.3 is 13.6 Å². The van der Waals surface area contributed by atoms with E-state index in [0.29, 0.717) is 12.2 Å². The summed E-state index contributed by atoms with van der Waals surface area (Å²) in [6.45, 7) is 27.5. The number of aldehydes is 1. The molecule has 0 saturated carbocycles. The quantitative estimate of drug-likeness (QED) is 0.150. The number of hydrogen-bond donors (Lipinski definition) is 0. The molecule has 1 aliphatic heterocycles. The van der Waals surface area contributed by atoms with Crippen LogP contribution in [0, 0.1) is 5.92 Å². The largest absolute Gasteiger partial charge is 0.413 e. The summed E-state index contributed by atoms with van der Waals surface area (Å²) in [6.07, 6.45) is 9.00. The average molecular weight is 483 g/mol. The third kappa shape index (κ3) is 8.35. The minimum atomic E-state index is -1.90. The Morgan fingerprint density at radius 3 is 2.06 bits per heavy atom. The van der Waals surface area contributed by atoms with Gasteiger partial charge in [-0.15, -0.1) is 0 Å². The molecule has 0 aromatic heterocycles. The first-order valence-electron chi connectivity index (χ1n) is 12.2. The Morgan fingerprint density at radius 2 is 1.56 bits per heavy atom. The third-order valence-corrected chi connectivity index (χ3v) is 16.7. The van der Waals surface area contributed by atoms with E-state index in [1.165, 1.54) is 0 Å². The maximum Gasteiger partial charge on any atom is 0.192 e. The predicted octanol–water partition coefficient (Wildman–Crippen LogP) is 7.28. The van der Waals surface area contributed by atoms with Gasteiger partial charge in [-0.25, -0.2) is 0 Å². The fraction of sp³-hybridized carbons (Fsp3) is 0.808. The van der Waals surface area contributed by atoms with E-state index in [0.717, 1.165) is 19.1 Å². The molecule has 0 amide bonds. The van der Waals surface area contributed by atoms with E-state index < -0.39 is 16.6 Å². The Bertz CT molecular complexity index is 668. The Balaban J connectivity index is 2.89. The van der Waals surface area contributed by atoms with E-state index in [9.17, 15) is 4.79 Å². The minimum Gasteiger partial charge on any atom is -0.413 e. The van der Waals surface area contributed by atoms with Gasteiger partial charge >= 0.3 is 0 Å². The highest BCUT2D eigenvalue weighted by Gasteiger charge is 2.43. The first-order valence-corrected chi connectivity index (χ1v) is 18.0. The lowest BCUT2D eigenvalue weighted by molar-refractivity contribution is -0.108. The number of rotatable bonds is 9. The van der Waals surface area contributed by atoms with Gasteiger partial charge in [0, 0.05) is 5.92 Å². The van der Waals surface area contributed by atoms with Crippen molar-refractivity contribution in [2.24, 2.45) is 5.92 Å². The second kappa shape index (κ2) is 11.3. The number of carbonyl (C=O) groups is 1. The van der Waals surface area contributed by atoms with Crippen molar-refractivity contribution in [1.82, 2.24) is 0 Å². The number of carbonyl (C=O) groups excluding carboxylic acids is 1. The van der Waals surface area contributed by atoms with Crippen molar-refractivity contribution >= 4 is 22.9 Å². The summed E-state index contributed by atoms with van der Waals surface area (Å²) >= 11 is 0. The van der Waals surface area contributed by atoms with Crippen LogP contribution in [0.25, 0.3) is 0 Å². The summed E-state index contributed by atoms with van der Waals surface area (Å²) < 4.78 is 19.5. The van der Waals surface area contributed by atoms with Crippen molar-refractivity contribution in [1.29, 1.82) is 0 Å². The zero-order valence-corrected chi connectivity index (χ0v) is 24.9. The molecule has 4 nitrogen and oxygen atoms in total. The van der Waals surface area contributed by atoms with Crippen LogP contribution in [0.15, 0.2) is 23.8 Å². The van der Waals surface area contributed by atoms with Crippen LogP contribution in [0.1, 0.15) is 68.2 Å². The summed E-state index contributed by atoms with van der Waals surface area (Å²) in [5.41, 5.74) is 0.715. The van der Waals surface area contributed by atoms with E-state index >= 15 is 0 Å². The van der Waals surface area contributed by atoms with Crippen LogP contribution >= 0.6 is 0 Å². The number of ether oxygens (including phenoxy) is 1. The zero-order chi connectivity index (χ0) is 25.0. The Hall–Kier alpha value is -0.536. The summed E-state index contributed by atoms with van der Waals surface area (Å²) in [4.78, 5) is 11.2. The molecule has 0 aromatic carbocycles. The molecule has 0 N–H and O–H groups in total. The smallest absolute Gasteiger partial charge is 0.192 e. The van der Waals surface area contributed by atoms with Gasteiger partial charge in [-0.3, -0.25) is 4.79 Å². The molecule has 6 heteroatoms. The lowest BCUT2D eigenvalue weighted by Crippen LogP contribution is -2.51. The van der Waals surface area contributed by atoms with Crippen molar-refractivity contribution in [3.63, 3.8) is 0 Å².